The monoisotopic (exact) mass is 378 g/mol. The Bertz CT molecular complexity index is 1020. The van der Waals surface area contributed by atoms with Crippen molar-refractivity contribution in [3.8, 4) is 17.1 Å². The van der Waals surface area contributed by atoms with Crippen molar-refractivity contribution >= 4 is 5.91 Å². The second kappa shape index (κ2) is 7.72. The van der Waals surface area contributed by atoms with Gasteiger partial charge in [-0.1, -0.05) is 18.2 Å². The molecule has 0 aliphatic heterocycles. The molecule has 1 aromatic heterocycles. The molecular formula is C21H22N4O3. The molecule has 1 aliphatic carbocycles. The lowest BCUT2D eigenvalue weighted by atomic mass is 10.2. The van der Waals surface area contributed by atoms with Crippen molar-refractivity contribution in [2.45, 2.75) is 25.4 Å². The number of carbonyl (C=O) groups excluding carboxylic acids is 1. The largest absolute Gasteiger partial charge is 0.497 e. The number of hydrogen-bond donors (Lipinski definition) is 1. The molecule has 7 nitrogen and oxygen atoms in total. The van der Waals surface area contributed by atoms with E-state index < -0.39 is 0 Å². The van der Waals surface area contributed by atoms with E-state index in [1.165, 1.54) is 4.68 Å². The summed E-state index contributed by atoms with van der Waals surface area (Å²) in [5.41, 5.74) is 1.33. The van der Waals surface area contributed by atoms with Crippen LogP contribution in [0, 0.1) is 0 Å². The summed E-state index contributed by atoms with van der Waals surface area (Å²) in [4.78, 5) is 25.0. The molecule has 2 aromatic carbocycles. The number of ether oxygens (including phenoxy) is 1. The quantitative estimate of drug-likeness (QED) is 0.685. The molecule has 1 heterocycles. The minimum absolute atomic E-state index is 0.137. The van der Waals surface area contributed by atoms with Crippen molar-refractivity contribution in [2.75, 3.05) is 13.7 Å². The standard InChI is InChI=1S/C21H22N4O3/c1-28-18-11-7-15(8-12-18)19-23-24(21(27)25(19)17-9-10-17)14-13-22-20(26)16-5-3-2-4-6-16/h2-8,11-12,17H,9-10,13-14H2,1H3,(H,22,26). The van der Waals surface area contributed by atoms with Gasteiger partial charge in [-0.05, 0) is 49.2 Å². The maximum absolute atomic E-state index is 12.8. The average molecular weight is 378 g/mol. The van der Waals surface area contributed by atoms with Crippen LogP contribution in [0.4, 0.5) is 0 Å². The van der Waals surface area contributed by atoms with E-state index in [4.69, 9.17) is 4.74 Å². The highest BCUT2D eigenvalue weighted by Gasteiger charge is 2.30. The molecule has 0 radical (unpaired) electrons. The number of amides is 1. The molecule has 28 heavy (non-hydrogen) atoms. The van der Waals surface area contributed by atoms with Gasteiger partial charge in [0.1, 0.15) is 5.75 Å². The van der Waals surface area contributed by atoms with Crippen molar-refractivity contribution in [1.29, 1.82) is 0 Å². The highest BCUT2D eigenvalue weighted by atomic mass is 16.5. The van der Waals surface area contributed by atoms with Crippen LogP contribution in [0.2, 0.25) is 0 Å². The smallest absolute Gasteiger partial charge is 0.346 e. The summed E-state index contributed by atoms with van der Waals surface area (Å²) in [6, 6.07) is 16.7. The molecule has 1 N–H and O–H groups in total. The Kier molecular flexibility index (Phi) is 4.97. The van der Waals surface area contributed by atoms with Gasteiger partial charge in [0, 0.05) is 23.7 Å². The SMILES string of the molecule is COc1ccc(-c2nn(CCNC(=O)c3ccccc3)c(=O)n2C2CC2)cc1. The Morgan fingerprint density at radius 2 is 1.86 bits per heavy atom. The molecular weight excluding hydrogens is 356 g/mol. The van der Waals surface area contributed by atoms with E-state index in [9.17, 15) is 9.59 Å². The fourth-order valence-corrected chi connectivity index (χ4v) is 3.13. The Hall–Kier alpha value is -3.35. The zero-order valence-electron chi connectivity index (χ0n) is 15.7. The van der Waals surface area contributed by atoms with Crippen molar-refractivity contribution in [3.63, 3.8) is 0 Å². The van der Waals surface area contributed by atoms with Crippen LogP contribution in [0.1, 0.15) is 29.2 Å². The molecule has 1 amide bonds. The topological polar surface area (TPSA) is 78.2 Å². The Morgan fingerprint density at radius 3 is 2.50 bits per heavy atom. The fraction of sp³-hybridized carbons (Fsp3) is 0.286. The molecule has 0 saturated heterocycles. The van der Waals surface area contributed by atoms with Crippen molar-refractivity contribution in [3.05, 3.63) is 70.6 Å². The van der Waals surface area contributed by atoms with Crippen LogP contribution in [0.3, 0.4) is 0 Å². The molecule has 0 spiro atoms. The summed E-state index contributed by atoms with van der Waals surface area (Å²) in [5, 5.41) is 7.38. The second-order valence-electron chi connectivity index (χ2n) is 6.78. The fourth-order valence-electron chi connectivity index (χ4n) is 3.13. The molecule has 7 heteroatoms. The summed E-state index contributed by atoms with van der Waals surface area (Å²) in [5.74, 6) is 1.25. The number of benzene rings is 2. The normalized spacial score (nSPS) is 13.3. The second-order valence-corrected chi connectivity index (χ2v) is 6.78. The highest BCUT2D eigenvalue weighted by Crippen LogP contribution is 2.36. The number of nitrogens with one attached hydrogen (secondary N) is 1. The number of nitrogens with zero attached hydrogens (tertiary/aromatic N) is 3. The molecule has 144 valence electrons. The van der Waals surface area contributed by atoms with Gasteiger partial charge in [0.15, 0.2) is 5.82 Å². The Labute approximate surface area is 162 Å². The third kappa shape index (κ3) is 3.69. The third-order valence-corrected chi connectivity index (χ3v) is 4.78. The first-order chi connectivity index (χ1) is 13.7. The summed E-state index contributed by atoms with van der Waals surface area (Å²) in [6.45, 7) is 0.650. The van der Waals surface area contributed by atoms with E-state index in [1.54, 1.807) is 23.8 Å². The molecule has 0 bridgehead atoms. The predicted octanol–water partition coefficient (Wildman–Crippen LogP) is 2.49. The third-order valence-electron chi connectivity index (χ3n) is 4.78. The van der Waals surface area contributed by atoms with Gasteiger partial charge >= 0.3 is 5.69 Å². The van der Waals surface area contributed by atoms with Gasteiger partial charge in [0.25, 0.3) is 5.91 Å². The first kappa shape index (κ1) is 18.0. The maximum atomic E-state index is 12.8. The summed E-state index contributed by atoms with van der Waals surface area (Å²) in [7, 11) is 1.62. The van der Waals surface area contributed by atoms with Gasteiger partial charge in [0.05, 0.1) is 13.7 Å². The first-order valence-electron chi connectivity index (χ1n) is 9.34. The van der Waals surface area contributed by atoms with Crippen LogP contribution in [0.25, 0.3) is 11.4 Å². The van der Waals surface area contributed by atoms with E-state index >= 15 is 0 Å². The van der Waals surface area contributed by atoms with E-state index in [0.29, 0.717) is 24.5 Å². The van der Waals surface area contributed by atoms with Crippen molar-refractivity contribution in [2.24, 2.45) is 0 Å². The van der Waals surface area contributed by atoms with Crippen LogP contribution in [0.5, 0.6) is 5.75 Å². The van der Waals surface area contributed by atoms with E-state index in [0.717, 1.165) is 24.2 Å². The molecule has 0 atom stereocenters. The van der Waals surface area contributed by atoms with Gasteiger partial charge in [0.2, 0.25) is 0 Å². The number of rotatable bonds is 7. The van der Waals surface area contributed by atoms with Crippen LogP contribution in [-0.4, -0.2) is 33.9 Å². The minimum Gasteiger partial charge on any atom is -0.497 e. The first-order valence-corrected chi connectivity index (χ1v) is 9.34. The van der Waals surface area contributed by atoms with Gasteiger partial charge in [-0.25, -0.2) is 9.48 Å². The van der Waals surface area contributed by atoms with E-state index in [1.807, 2.05) is 42.5 Å². The lowest BCUT2D eigenvalue weighted by Gasteiger charge is -2.04. The molecule has 0 unspecified atom stereocenters. The van der Waals surface area contributed by atoms with E-state index in [-0.39, 0.29) is 17.6 Å². The van der Waals surface area contributed by atoms with Crippen LogP contribution < -0.4 is 15.7 Å². The zero-order valence-corrected chi connectivity index (χ0v) is 15.7. The van der Waals surface area contributed by atoms with Crippen LogP contribution in [-0.2, 0) is 6.54 Å². The maximum Gasteiger partial charge on any atom is 0.346 e. The number of hydrogen-bond acceptors (Lipinski definition) is 4. The summed E-state index contributed by atoms with van der Waals surface area (Å²) < 4.78 is 8.40. The number of methoxy groups -OCH3 is 1. The van der Waals surface area contributed by atoms with Gasteiger partial charge < -0.3 is 10.1 Å². The summed E-state index contributed by atoms with van der Waals surface area (Å²) in [6.07, 6.45) is 1.97. The number of carbonyl (C=O) groups is 1. The van der Waals surface area contributed by atoms with Gasteiger partial charge in [-0.2, -0.15) is 0 Å². The predicted molar refractivity (Wildman–Crippen MR) is 106 cm³/mol. The van der Waals surface area contributed by atoms with Crippen molar-refractivity contribution in [1.82, 2.24) is 19.7 Å². The molecule has 1 fully saturated rings. The highest BCUT2D eigenvalue weighted by molar-refractivity contribution is 5.94. The molecule has 4 rings (SSSR count). The lowest BCUT2D eigenvalue weighted by molar-refractivity contribution is 0.0951. The molecule has 3 aromatic rings. The van der Waals surface area contributed by atoms with Gasteiger partial charge in [-0.15, -0.1) is 5.10 Å². The lowest BCUT2D eigenvalue weighted by Crippen LogP contribution is -2.32. The van der Waals surface area contributed by atoms with Gasteiger partial charge in [-0.3, -0.25) is 9.36 Å². The van der Waals surface area contributed by atoms with Crippen LogP contribution >= 0.6 is 0 Å². The van der Waals surface area contributed by atoms with Crippen LogP contribution in [0.15, 0.2) is 59.4 Å². The zero-order chi connectivity index (χ0) is 19.5. The Morgan fingerprint density at radius 1 is 1.14 bits per heavy atom. The average Bonchev–Trinajstić information content (AvgIpc) is 3.52. The summed E-state index contributed by atoms with van der Waals surface area (Å²) >= 11 is 0. The molecule has 1 saturated carbocycles. The van der Waals surface area contributed by atoms with E-state index in [2.05, 4.69) is 10.4 Å². The molecule has 1 aliphatic rings. The number of aromatic nitrogens is 3. The minimum atomic E-state index is -0.161. The van der Waals surface area contributed by atoms with Crippen molar-refractivity contribution < 1.29 is 9.53 Å². The Balaban J connectivity index is 1.51.